The second-order valence-corrected chi connectivity index (χ2v) is 14.3. The lowest BCUT2D eigenvalue weighted by Crippen LogP contribution is -2.49. The van der Waals surface area contributed by atoms with E-state index in [9.17, 15) is 19.2 Å². The minimum absolute atomic E-state index is 0.0250. The second kappa shape index (κ2) is 27.2. The molecular formula is C38H69N3O13. The fourth-order valence-corrected chi connectivity index (χ4v) is 7.51. The van der Waals surface area contributed by atoms with Crippen LogP contribution in [-0.4, -0.2) is 142 Å². The number of carbonyl (C=O) groups is 4. The van der Waals surface area contributed by atoms with Crippen LogP contribution >= 0.6 is 0 Å². The Bertz CT molecular complexity index is 1080. The summed E-state index contributed by atoms with van der Waals surface area (Å²) >= 11 is 0. The van der Waals surface area contributed by atoms with Crippen molar-refractivity contribution in [3.05, 3.63) is 0 Å². The summed E-state index contributed by atoms with van der Waals surface area (Å²) in [5, 5.41) is 31.6. The largest absolute Gasteiger partial charge is 0.457 e. The van der Waals surface area contributed by atoms with Gasteiger partial charge in [0.15, 0.2) is 12.2 Å². The molecule has 0 spiro atoms. The Kier molecular flexibility index (Phi) is 24.0. The van der Waals surface area contributed by atoms with Gasteiger partial charge in [-0.15, -0.1) is 0 Å². The zero-order valence-electron chi connectivity index (χ0n) is 32.9. The van der Waals surface area contributed by atoms with Gasteiger partial charge in [-0.1, -0.05) is 38.5 Å². The summed E-state index contributed by atoms with van der Waals surface area (Å²) in [4.78, 5) is 47.1. The van der Waals surface area contributed by atoms with E-state index in [4.69, 9.17) is 49.5 Å². The molecule has 4 saturated heterocycles. The number of methoxy groups -OCH3 is 2. The van der Waals surface area contributed by atoms with Crippen LogP contribution in [0.3, 0.4) is 0 Å². The third kappa shape index (κ3) is 15.6. The first kappa shape index (κ1) is 47.7. The molecule has 0 aromatic carbocycles. The molecule has 7 N–H and O–H groups in total. The highest BCUT2D eigenvalue weighted by Gasteiger charge is 2.59. The Hall–Kier alpha value is -2.44. The Morgan fingerprint density at radius 3 is 1.37 bits per heavy atom. The summed E-state index contributed by atoms with van der Waals surface area (Å²) in [6, 6.07) is 0. The molecule has 4 bridgehead atoms. The van der Waals surface area contributed by atoms with E-state index in [0.29, 0.717) is 32.5 Å². The van der Waals surface area contributed by atoms with E-state index in [1.165, 1.54) is 13.8 Å². The third-order valence-electron chi connectivity index (χ3n) is 10.2. The predicted molar refractivity (Wildman–Crippen MR) is 198 cm³/mol. The number of carbonyl (C=O) groups excluding carboxylic acids is 4. The Balaban J connectivity index is 0.000000312. The zero-order chi connectivity index (χ0) is 39.9. The Labute approximate surface area is 320 Å². The van der Waals surface area contributed by atoms with E-state index in [1.54, 1.807) is 14.2 Å². The Morgan fingerprint density at radius 2 is 0.963 bits per heavy atom. The van der Waals surface area contributed by atoms with Crippen molar-refractivity contribution in [2.45, 2.75) is 153 Å². The molecule has 0 aromatic rings. The van der Waals surface area contributed by atoms with Crippen molar-refractivity contribution >= 4 is 23.8 Å². The molecule has 4 aliphatic rings. The molecule has 314 valence electrons. The number of aliphatic hydroxyl groups excluding tert-OH is 3. The monoisotopic (exact) mass is 775 g/mol. The van der Waals surface area contributed by atoms with Crippen molar-refractivity contribution in [3.63, 3.8) is 0 Å². The average molecular weight is 776 g/mol. The van der Waals surface area contributed by atoms with E-state index < -0.39 is 30.4 Å². The minimum Gasteiger partial charge on any atom is -0.457 e. The normalized spacial score (nSPS) is 28.7. The molecular weight excluding hydrogens is 706 g/mol. The summed E-state index contributed by atoms with van der Waals surface area (Å²) in [5.41, 5.74) is 5.25. The quantitative estimate of drug-likeness (QED) is 0.0634. The van der Waals surface area contributed by atoms with Gasteiger partial charge in [0.25, 0.3) is 0 Å². The van der Waals surface area contributed by atoms with Crippen LogP contribution in [-0.2, 0) is 47.6 Å². The number of aliphatic hydroxyl groups is 3. The van der Waals surface area contributed by atoms with Crippen molar-refractivity contribution in [2.75, 3.05) is 53.7 Å². The van der Waals surface area contributed by atoms with Crippen LogP contribution in [0.4, 0.5) is 0 Å². The topological polar surface area (TPSA) is 234 Å². The van der Waals surface area contributed by atoms with Gasteiger partial charge in [0.1, 0.15) is 18.3 Å². The van der Waals surface area contributed by atoms with Crippen molar-refractivity contribution in [2.24, 2.45) is 17.6 Å². The highest BCUT2D eigenvalue weighted by atomic mass is 16.6. The molecule has 2 amide bonds. The predicted octanol–water partition coefficient (Wildman–Crippen LogP) is 1.28. The van der Waals surface area contributed by atoms with Crippen molar-refractivity contribution in [1.82, 2.24) is 10.6 Å². The number of ether oxygens (including phenoxy) is 6. The van der Waals surface area contributed by atoms with Crippen molar-refractivity contribution < 1.29 is 62.9 Å². The summed E-state index contributed by atoms with van der Waals surface area (Å²) < 4.78 is 32.9. The fraction of sp³-hybridized carbons (Fsp3) is 0.895. The molecule has 4 aliphatic heterocycles. The van der Waals surface area contributed by atoms with E-state index in [0.717, 1.165) is 83.6 Å². The number of esters is 2. The molecule has 54 heavy (non-hydrogen) atoms. The van der Waals surface area contributed by atoms with Gasteiger partial charge in [0, 0.05) is 61.0 Å². The number of amides is 2. The number of nitrogens with one attached hydrogen (secondary N) is 2. The van der Waals surface area contributed by atoms with Crippen LogP contribution in [0.25, 0.3) is 0 Å². The van der Waals surface area contributed by atoms with Gasteiger partial charge in [-0.3, -0.25) is 19.2 Å². The van der Waals surface area contributed by atoms with Gasteiger partial charge in [-0.05, 0) is 57.9 Å². The maximum atomic E-state index is 12.3. The second-order valence-electron chi connectivity index (χ2n) is 14.3. The molecule has 4 fully saturated rings. The molecule has 16 heteroatoms. The number of hydrogen-bond acceptors (Lipinski definition) is 14. The molecule has 0 aliphatic carbocycles. The zero-order valence-corrected chi connectivity index (χ0v) is 32.9. The molecule has 4 rings (SSSR count). The molecule has 0 saturated carbocycles. The number of unbranched alkanes of at least 4 members (excludes halogenated alkanes) is 9. The van der Waals surface area contributed by atoms with E-state index in [1.807, 2.05) is 0 Å². The van der Waals surface area contributed by atoms with Gasteiger partial charge in [-0.25, -0.2) is 0 Å². The number of nitrogens with two attached hydrogens (primary N) is 1. The summed E-state index contributed by atoms with van der Waals surface area (Å²) in [5.74, 6) is -1.38. The van der Waals surface area contributed by atoms with Crippen molar-refractivity contribution in [3.8, 4) is 0 Å². The fourth-order valence-electron chi connectivity index (χ4n) is 7.51. The van der Waals surface area contributed by atoms with Gasteiger partial charge in [-0.2, -0.15) is 0 Å². The molecule has 16 nitrogen and oxygen atoms in total. The number of rotatable bonds is 23. The molecule has 0 aromatic heterocycles. The highest BCUT2D eigenvalue weighted by Crippen LogP contribution is 2.43. The van der Waals surface area contributed by atoms with Crippen molar-refractivity contribution in [1.29, 1.82) is 0 Å². The first-order valence-corrected chi connectivity index (χ1v) is 19.9. The van der Waals surface area contributed by atoms with Gasteiger partial charge >= 0.3 is 11.9 Å². The molecule has 0 radical (unpaired) electrons. The van der Waals surface area contributed by atoms with Crippen LogP contribution < -0.4 is 16.4 Å². The summed E-state index contributed by atoms with van der Waals surface area (Å²) in [6.07, 6.45) is 9.88. The Morgan fingerprint density at radius 1 is 0.574 bits per heavy atom. The third-order valence-corrected chi connectivity index (χ3v) is 10.2. The van der Waals surface area contributed by atoms with Gasteiger partial charge in [0.2, 0.25) is 11.8 Å². The summed E-state index contributed by atoms with van der Waals surface area (Å²) in [6.45, 7) is 5.49. The van der Waals surface area contributed by atoms with Crippen LogP contribution in [0.5, 0.6) is 0 Å². The number of hydrogen-bond donors (Lipinski definition) is 6. The molecule has 10 atom stereocenters. The average Bonchev–Trinajstić information content (AvgIpc) is 3.93. The summed E-state index contributed by atoms with van der Waals surface area (Å²) in [7, 11) is 3.11. The van der Waals surface area contributed by atoms with E-state index >= 15 is 0 Å². The lowest BCUT2D eigenvalue weighted by Gasteiger charge is -2.30. The first-order chi connectivity index (χ1) is 26.1. The van der Waals surface area contributed by atoms with Crippen LogP contribution in [0.1, 0.15) is 104 Å². The maximum absolute atomic E-state index is 12.3. The first-order valence-electron chi connectivity index (χ1n) is 19.9. The van der Waals surface area contributed by atoms with E-state index in [2.05, 4.69) is 10.6 Å². The van der Waals surface area contributed by atoms with Crippen LogP contribution in [0.15, 0.2) is 0 Å². The molecule has 4 heterocycles. The lowest BCUT2D eigenvalue weighted by molar-refractivity contribution is -0.158. The standard InChI is InChI=1S/2C16H27NO6.C6H15NO/c1-10(19)22-14-12-9-11(13(23-12)15(14)21-2)16(20)17-7-5-3-4-6-8-18;1-10(19)22-15-13-11(9-12(23-13)14(15)21-2)16(20)17-7-5-3-4-6-8-18;7-5-3-1-2-4-6-8/h2*11-15,18H,3-9H2,1-2H3,(H,17,20);8H,1-7H2/t2*11?,12?,13-,14?,15+;/m00./s1. The minimum atomic E-state index is -0.517. The maximum Gasteiger partial charge on any atom is 0.303 e. The smallest absolute Gasteiger partial charge is 0.303 e. The lowest BCUT2D eigenvalue weighted by atomic mass is 9.84. The van der Waals surface area contributed by atoms with Crippen LogP contribution in [0.2, 0.25) is 0 Å². The molecule has 6 unspecified atom stereocenters. The van der Waals surface area contributed by atoms with Gasteiger partial charge < -0.3 is 60.1 Å². The van der Waals surface area contributed by atoms with Gasteiger partial charge in [0.05, 0.1) is 30.1 Å². The van der Waals surface area contributed by atoms with E-state index in [-0.39, 0.29) is 67.2 Å². The SMILES string of the molecule is COC1C2CC(C(=O)NCCCCCCO)[C@H](O2)[C@H]1OC(C)=O.CO[C@H]1C(OC(C)=O)C2CC(C(=O)NCCCCCCO)[C@@H]1O2.NCCCCCCO. The van der Waals surface area contributed by atoms with Crippen LogP contribution in [0, 0.1) is 11.8 Å². The number of fused-ring (bicyclic) bond motifs is 4. The highest BCUT2D eigenvalue weighted by molar-refractivity contribution is 5.80.